The molecule has 1 unspecified atom stereocenters. The molecule has 2 heterocycles. The zero-order valence-electron chi connectivity index (χ0n) is 12.5. The number of rotatable bonds is 3. The van der Waals surface area contributed by atoms with Crippen LogP contribution >= 0.6 is 0 Å². The highest BCUT2D eigenvalue weighted by molar-refractivity contribution is 5.84. The second-order valence-electron chi connectivity index (χ2n) is 5.26. The second-order valence-corrected chi connectivity index (χ2v) is 5.26. The summed E-state index contributed by atoms with van der Waals surface area (Å²) < 4.78 is 5.65. The third-order valence-electron chi connectivity index (χ3n) is 3.59. The third-order valence-corrected chi connectivity index (χ3v) is 3.59. The Kier molecular flexibility index (Phi) is 4.34. The molecule has 0 bridgehead atoms. The maximum Gasteiger partial charge on any atom is 0.242 e. The van der Waals surface area contributed by atoms with Gasteiger partial charge in [-0.05, 0) is 25.1 Å². The fourth-order valence-electron chi connectivity index (χ4n) is 2.54. The van der Waals surface area contributed by atoms with Gasteiger partial charge in [0.25, 0.3) is 0 Å². The van der Waals surface area contributed by atoms with E-state index in [4.69, 9.17) is 4.74 Å². The highest BCUT2D eigenvalue weighted by Gasteiger charge is 2.25. The first-order valence-electron chi connectivity index (χ1n) is 7.39. The van der Waals surface area contributed by atoms with Crippen molar-refractivity contribution in [3.05, 3.63) is 59.4 Å². The van der Waals surface area contributed by atoms with Crippen LogP contribution in [-0.2, 0) is 11.3 Å². The maximum absolute atomic E-state index is 12.5. The van der Waals surface area contributed by atoms with E-state index in [1.54, 1.807) is 0 Å². The summed E-state index contributed by atoms with van der Waals surface area (Å²) in [5.74, 6) is 0.697. The molecule has 2 N–H and O–H groups in total. The second kappa shape index (κ2) is 6.58. The highest BCUT2D eigenvalue weighted by Crippen LogP contribution is 2.26. The Balaban J connectivity index is 1.72. The van der Waals surface area contributed by atoms with E-state index >= 15 is 0 Å². The molecule has 0 radical (unpaired) electrons. The first-order chi connectivity index (χ1) is 10.7. The molecule has 5 nitrogen and oxygen atoms in total. The van der Waals surface area contributed by atoms with Crippen molar-refractivity contribution in [3.63, 3.8) is 0 Å². The van der Waals surface area contributed by atoms with Gasteiger partial charge in [0.1, 0.15) is 18.4 Å². The lowest BCUT2D eigenvalue weighted by molar-refractivity contribution is -0.123. The van der Waals surface area contributed by atoms with Gasteiger partial charge in [0.05, 0.1) is 12.2 Å². The Morgan fingerprint density at radius 2 is 2.18 bits per heavy atom. The summed E-state index contributed by atoms with van der Waals surface area (Å²) >= 11 is 0. The molecule has 1 aliphatic heterocycles. The van der Waals surface area contributed by atoms with Gasteiger partial charge in [0.15, 0.2) is 0 Å². The van der Waals surface area contributed by atoms with Crippen LogP contribution in [0.1, 0.15) is 23.0 Å². The summed E-state index contributed by atoms with van der Waals surface area (Å²) in [6, 6.07) is 13.0. The minimum atomic E-state index is -0.400. The molecule has 0 fully saturated rings. The first-order valence-corrected chi connectivity index (χ1v) is 7.39. The molecule has 1 aliphatic rings. The summed E-state index contributed by atoms with van der Waals surface area (Å²) in [6.07, 6.45) is 0. The molecule has 114 valence electrons. The molecule has 3 rings (SSSR count). The van der Waals surface area contributed by atoms with E-state index < -0.39 is 6.04 Å². The molecular weight excluding hydrogens is 278 g/mol. The predicted octanol–water partition coefficient (Wildman–Crippen LogP) is 1.73. The van der Waals surface area contributed by atoms with Gasteiger partial charge >= 0.3 is 0 Å². The highest BCUT2D eigenvalue weighted by atomic mass is 16.5. The summed E-state index contributed by atoms with van der Waals surface area (Å²) in [5.41, 5.74) is 2.67. The maximum atomic E-state index is 12.5. The quantitative estimate of drug-likeness (QED) is 0.905. The fraction of sp³-hybridized carbons (Fsp3) is 0.294. The third kappa shape index (κ3) is 3.26. The molecular formula is C17H19N3O2. The Morgan fingerprint density at radius 3 is 3.05 bits per heavy atom. The van der Waals surface area contributed by atoms with E-state index in [0.29, 0.717) is 19.7 Å². The van der Waals surface area contributed by atoms with Crippen LogP contribution in [0.3, 0.4) is 0 Å². The topological polar surface area (TPSA) is 63.2 Å². The summed E-state index contributed by atoms with van der Waals surface area (Å²) in [5, 5.41) is 6.17. The van der Waals surface area contributed by atoms with Gasteiger partial charge in [-0.1, -0.05) is 24.3 Å². The van der Waals surface area contributed by atoms with Crippen molar-refractivity contribution < 1.29 is 9.53 Å². The monoisotopic (exact) mass is 297 g/mol. The number of ether oxygens (including phenoxy) is 1. The molecule has 5 heteroatoms. The Labute approximate surface area is 129 Å². The number of hydrogen-bond acceptors (Lipinski definition) is 4. The number of nitrogens with zero attached hydrogens (tertiary/aromatic N) is 1. The van der Waals surface area contributed by atoms with Gasteiger partial charge in [-0.3, -0.25) is 15.1 Å². The molecule has 0 saturated heterocycles. The molecule has 0 aliphatic carbocycles. The molecule has 22 heavy (non-hydrogen) atoms. The number of benzene rings is 1. The van der Waals surface area contributed by atoms with Crippen molar-refractivity contribution >= 4 is 5.91 Å². The van der Waals surface area contributed by atoms with Crippen molar-refractivity contribution in [1.29, 1.82) is 0 Å². The van der Waals surface area contributed by atoms with Crippen LogP contribution in [0.25, 0.3) is 0 Å². The van der Waals surface area contributed by atoms with Crippen LogP contribution in [0, 0.1) is 6.92 Å². The number of carbonyl (C=O) groups is 1. The standard InChI is InChI=1S/C17H19N3O2/c1-12-5-4-6-13(20-12)11-19-17(21)16-14-7-2-3-8-15(14)22-10-9-18-16/h2-8,16,18H,9-11H2,1H3,(H,19,21). The number of para-hydroxylation sites is 1. The Hall–Kier alpha value is -2.40. The first kappa shape index (κ1) is 14.5. The van der Waals surface area contributed by atoms with Crippen molar-refractivity contribution in [2.24, 2.45) is 0 Å². The predicted molar refractivity (Wildman–Crippen MR) is 83.5 cm³/mol. The molecule has 1 amide bonds. The van der Waals surface area contributed by atoms with E-state index in [9.17, 15) is 4.79 Å². The Morgan fingerprint density at radius 1 is 1.32 bits per heavy atom. The molecule has 2 aromatic rings. The van der Waals surface area contributed by atoms with E-state index in [0.717, 1.165) is 22.7 Å². The largest absolute Gasteiger partial charge is 0.492 e. The number of fused-ring (bicyclic) bond motifs is 1. The zero-order chi connectivity index (χ0) is 15.4. The molecule has 0 saturated carbocycles. The smallest absolute Gasteiger partial charge is 0.242 e. The van der Waals surface area contributed by atoms with Crippen LogP contribution in [0.4, 0.5) is 0 Å². The van der Waals surface area contributed by atoms with Gasteiger partial charge in [0.2, 0.25) is 5.91 Å². The number of amides is 1. The Bertz CT molecular complexity index is 672. The zero-order valence-corrected chi connectivity index (χ0v) is 12.5. The van der Waals surface area contributed by atoms with E-state index in [1.165, 1.54) is 0 Å². The van der Waals surface area contributed by atoms with Gasteiger partial charge < -0.3 is 10.1 Å². The van der Waals surface area contributed by atoms with Crippen molar-refractivity contribution in [1.82, 2.24) is 15.6 Å². The van der Waals surface area contributed by atoms with Crippen molar-refractivity contribution in [3.8, 4) is 5.75 Å². The number of aryl methyl sites for hydroxylation is 1. The van der Waals surface area contributed by atoms with E-state index in [2.05, 4.69) is 15.6 Å². The van der Waals surface area contributed by atoms with Crippen LogP contribution in [0.5, 0.6) is 5.75 Å². The van der Waals surface area contributed by atoms with Crippen LogP contribution < -0.4 is 15.4 Å². The number of hydrogen-bond donors (Lipinski definition) is 2. The normalized spacial score (nSPS) is 17.0. The molecule has 0 spiro atoms. The minimum absolute atomic E-state index is 0.0683. The number of aromatic nitrogens is 1. The summed E-state index contributed by atoms with van der Waals surface area (Å²) in [4.78, 5) is 16.9. The summed E-state index contributed by atoms with van der Waals surface area (Å²) in [6.45, 7) is 3.54. The number of carbonyl (C=O) groups excluding carboxylic acids is 1. The fourth-order valence-corrected chi connectivity index (χ4v) is 2.54. The SMILES string of the molecule is Cc1cccc(CNC(=O)C2NCCOc3ccccc32)n1. The lowest BCUT2D eigenvalue weighted by Gasteiger charge is -2.17. The average molecular weight is 297 g/mol. The van der Waals surface area contributed by atoms with Gasteiger partial charge in [-0.2, -0.15) is 0 Å². The molecule has 1 aromatic heterocycles. The summed E-state index contributed by atoms with van der Waals surface area (Å²) in [7, 11) is 0. The van der Waals surface area contributed by atoms with E-state index in [-0.39, 0.29) is 5.91 Å². The van der Waals surface area contributed by atoms with Crippen molar-refractivity contribution in [2.75, 3.05) is 13.2 Å². The number of pyridine rings is 1. The van der Waals surface area contributed by atoms with Crippen LogP contribution in [0.15, 0.2) is 42.5 Å². The minimum Gasteiger partial charge on any atom is -0.492 e. The number of nitrogens with one attached hydrogen (secondary N) is 2. The van der Waals surface area contributed by atoms with Gasteiger partial charge in [-0.15, -0.1) is 0 Å². The van der Waals surface area contributed by atoms with Crippen LogP contribution in [-0.4, -0.2) is 24.0 Å². The lowest BCUT2D eigenvalue weighted by atomic mass is 10.1. The average Bonchev–Trinajstić information content (AvgIpc) is 2.75. The van der Waals surface area contributed by atoms with E-state index in [1.807, 2.05) is 49.4 Å². The van der Waals surface area contributed by atoms with Crippen LogP contribution in [0.2, 0.25) is 0 Å². The van der Waals surface area contributed by atoms with Gasteiger partial charge in [-0.25, -0.2) is 0 Å². The van der Waals surface area contributed by atoms with Crippen molar-refractivity contribution in [2.45, 2.75) is 19.5 Å². The molecule has 1 aromatic carbocycles. The molecule has 1 atom stereocenters. The van der Waals surface area contributed by atoms with Gasteiger partial charge in [0, 0.05) is 17.8 Å². The lowest BCUT2D eigenvalue weighted by Crippen LogP contribution is -2.37.